The van der Waals surface area contributed by atoms with Gasteiger partial charge in [-0.05, 0) is 17.5 Å². The normalized spacial score (nSPS) is 12.6. The van der Waals surface area contributed by atoms with Crippen molar-refractivity contribution in [1.29, 1.82) is 0 Å². The molecule has 5 aliphatic heterocycles. The van der Waals surface area contributed by atoms with Crippen molar-refractivity contribution < 1.29 is 0 Å². The van der Waals surface area contributed by atoms with E-state index in [2.05, 4.69) is 18.2 Å². The molecule has 3 aromatic carbocycles. The second kappa shape index (κ2) is 3.98. The highest BCUT2D eigenvalue weighted by atomic mass is 15.2. The van der Waals surface area contributed by atoms with Gasteiger partial charge in [-0.1, -0.05) is 30.3 Å². The van der Waals surface area contributed by atoms with Gasteiger partial charge in [-0.3, -0.25) is 0 Å². The summed E-state index contributed by atoms with van der Waals surface area (Å²) < 4.78 is 1.22. The van der Waals surface area contributed by atoms with Gasteiger partial charge in [0.05, 0.1) is 11.2 Å². The largest absolute Gasteiger partial charge is 0.493 e. The van der Waals surface area contributed by atoms with Crippen molar-refractivity contribution in [3.63, 3.8) is 0 Å². The van der Waals surface area contributed by atoms with Crippen LogP contribution in [0.1, 0.15) is 0 Å². The Morgan fingerprint density at radius 1 is 0.727 bits per heavy atom. The quantitative estimate of drug-likeness (QED) is 0.306. The van der Waals surface area contributed by atoms with E-state index in [1.54, 1.807) is 0 Å². The number of hydrogen-bond acceptors (Lipinski definition) is 1. The minimum atomic E-state index is 0.732. The van der Waals surface area contributed by atoms with Crippen LogP contribution in [-0.4, -0.2) is 4.98 Å². The molecule has 0 spiro atoms. The fraction of sp³-hybridized carbons (Fsp3) is 0. The highest BCUT2D eigenvalue weighted by Crippen LogP contribution is 2.38. The minimum absolute atomic E-state index is 0.732. The average molecular weight is 281 g/mol. The smallest absolute Gasteiger partial charge is 0.202 e. The van der Waals surface area contributed by atoms with E-state index in [-0.39, 0.29) is 0 Å². The van der Waals surface area contributed by atoms with E-state index < -0.39 is 0 Å². The molecule has 5 aliphatic rings. The van der Waals surface area contributed by atoms with E-state index in [1.807, 2.05) is 48.5 Å². The summed E-state index contributed by atoms with van der Waals surface area (Å²) in [6.45, 7) is 0. The second-order valence-electron chi connectivity index (χ2n) is 5.57. The summed E-state index contributed by atoms with van der Waals surface area (Å²) in [6.07, 6.45) is 0. The summed E-state index contributed by atoms with van der Waals surface area (Å²) in [5.41, 5.74) is 14.9. The lowest BCUT2D eigenvalue weighted by atomic mass is 10.00. The average Bonchev–Trinajstić information content (AvgIpc) is 2.74. The number of aromatic nitrogens is 1. The Bertz CT molecular complexity index is 1080. The van der Waals surface area contributed by atoms with Crippen LogP contribution in [0.25, 0.3) is 38.5 Å². The molecule has 3 nitrogen and oxygen atoms in total. The highest BCUT2D eigenvalue weighted by Gasteiger charge is 2.18. The van der Waals surface area contributed by atoms with E-state index in [9.17, 15) is 5.53 Å². The third-order valence-electron chi connectivity index (χ3n) is 4.30. The van der Waals surface area contributed by atoms with Crippen molar-refractivity contribution in [3.8, 4) is 11.3 Å². The Morgan fingerprint density at radius 3 is 2.27 bits per heavy atom. The van der Waals surface area contributed by atoms with Crippen LogP contribution in [-0.2, 0) is 0 Å². The molecule has 0 atom stereocenters. The number of nitrogens with zero attached hydrogens (tertiary/aromatic N) is 3. The first-order chi connectivity index (χ1) is 10.8. The van der Waals surface area contributed by atoms with Crippen LogP contribution < -0.4 is 4.70 Å². The number of fused-ring (bicyclic) bond motifs is 1. The molecule has 0 aliphatic carbocycles. The predicted octanol–water partition coefficient (Wildman–Crippen LogP) is 5.22. The number of pyridine rings is 1. The fourth-order valence-electron chi connectivity index (χ4n) is 3.21. The first-order valence-corrected chi connectivity index (χ1v) is 7.23. The first kappa shape index (κ1) is 11.6. The maximum Gasteiger partial charge on any atom is 0.202 e. The Morgan fingerprint density at radius 2 is 1.45 bits per heavy atom. The summed E-state index contributed by atoms with van der Waals surface area (Å²) in [5, 5.41) is 3.33. The molecule has 102 valence electrons. The Kier molecular flexibility index (Phi) is 2.09. The topological polar surface area (TPSA) is 38.2 Å². The molecule has 0 unspecified atom stereocenters. The van der Waals surface area contributed by atoms with Gasteiger partial charge in [-0.25, -0.2) is 9.68 Å². The maximum absolute atomic E-state index is 10.4. The lowest BCUT2D eigenvalue weighted by molar-refractivity contribution is 1.06. The van der Waals surface area contributed by atoms with Gasteiger partial charge in [-0.15, -0.1) is 0 Å². The van der Waals surface area contributed by atoms with Gasteiger partial charge < -0.3 is 5.53 Å². The van der Waals surface area contributed by atoms with Gasteiger partial charge in [0.2, 0.25) is 11.4 Å². The van der Waals surface area contributed by atoms with Crippen molar-refractivity contribution in [2.75, 3.05) is 0 Å². The summed E-state index contributed by atoms with van der Waals surface area (Å²) in [6, 6.07) is 22.1. The van der Waals surface area contributed by atoms with Crippen molar-refractivity contribution in [1.82, 2.24) is 9.68 Å². The molecule has 1 aromatic heterocycles. The molecule has 0 saturated carbocycles. The fourth-order valence-corrected chi connectivity index (χ4v) is 3.21. The molecule has 3 heteroatoms. The van der Waals surface area contributed by atoms with Gasteiger partial charge in [0.1, 0.15) is 0 Å². The molecular formula is C19H11N3. The van der Waals surface area contributed by atoms with Crippen molar-refractivity contribution in [2.45, 2.75) is 0 Å². The predicted molar refractivity (Wildman–Crippen MR) is 89.5 cm³/mol. The molecular weight excluding hydrogens is 270 g/mol. The van der Waals surface area contributed by atoms with Gasteiger partial charge >= 0.3 is 0 Å². The molecule has 6 heterocycles. The van der Waals surface area contributed by atoms with E-state index >= 15 is 0 Å². The number of benzene rings is 3. The van der Waals surface area contributed by atoms with Crippen LogP contribution in [0.3, 0.4) is 0 Å². The molecule has 0 saturated heterocycles. The Labute approximate surface area is 127 Å². The van der Waals surface area contributed by atoms with Gasteiger partial charge in [0.25, 0.3) is 0 Å². The zero-order valence-corrected chi connectivity index (χ0v) is 11.7. The molecule has 0 N–H and O–H groups in total. The van der Waals surface area contributed by atoms with Gasteiger partial charge in [-0.2, -0.15) is 0 Å². The standard InChI is InChI=1S/C19H11N3/c20-22-13-6-8-15-16-9-7-14(22)11-18(16)21-19(17(15)10-13)12-4-2-1-3-5-12/h1-11H. The van der Waals surface area contributed by atoms with E-state index in [0.29, 0.717) is 0 Å². The number of rotatable bonds is 1. The zero-order valence-electron chi connectivity index (χ0n) is 11.7. The third kappa shape index (κ3) is 1.42. The van der Waals surface area contributed by atoms with E-state index in [1.165, 1.54) is 4.70 Å². The zero-order chi connectivity index (χ0) is 14.7. The third-order valence-corrected chi connectivity index (χ3v) is 4.30. The Balaban J connectivity index is 2.06. The van der Waals surface area contributed by atoms with E-state index in [4.69, 9.17) is 4.98 Å². The lowest BCUT2D eigenvalue weighted by Gasteiger charge is -2.08. The van der Waals surface area contributed by atoms with E-state index in [0.717, 1.165) is 44.3 Å². The molecule has 6 bridgehead atoms. The monoisotopic (exact) mass is 281 g/mol. The molecule has 4 aromatic rings. The second-order valence-corrected chi connectivity index (χ2v) is 5.57. The van der Waals surface area contributed by atoms with Crippen molar-refractivity contribution in [2.24, 2.45) is 0 Å². The summed E-state index contributed by atoms with van der Waals surface area (Å²) in [7, 11) is 0. The van der Waals surface area contributed by atoms with Crippen LogP contribution in [0, 0.1) is 0 Å². The highest BCUT2D eigenvalue weighted by molar-refractivity contribution is 6.12. The van der Waals surface area contributed by atoms with Crippen molar-refractivity contribution in [3.05, 3.63) is 72.3 Å². The minimum Gasteiger partial charge on any atom is -0.493 e. The van der Waals surface area contributed by atoms with Gasteiger partial charge in [0.15, 0.2) is 0 Å². The molecule has 0 radical (unpaired) electrons. The Hall–Kier alpha value is -3.07. The van der Waals surface area contributed by atoms with Crippen LogP contribution in [0.4, 0.5) is 11.4 Å². The summed E-state index contributed by atoms with van der Waals surface area (Å²) >= 11 is 0. The molecule has 9 rings (SSSR count). The van der Waals surface area contributed by atoms with Crippen LogP contribution in [0.2, 0.25) is 0 Å². The molecule has 22 heavy (non-hydrogen) atoms. The van der Waals surface area contributed by atoms with Crippen LogP contribution in [0.15, 0.2) is 66.7 Å². The van der Waals surface area contributed by atoms with Crippen molar-refractivity contribution >= 4 is 33.1 Å². The number of hydrogen-bond donors (Lipinski definition) is 0. The first-order valence-electron chi connectivity index (χ1n) is 7.23. The van der Waals surface area contributed by atoms with Crippen LogP contribution >= 0.6 is 0 Å². The van der Waals surface area contributed by atoms with Gasteiger partial charge in [0, 0.05) is 40.6 Å². The molecule has 0 amide bonds. The van der Waals surface area contributed by atoms with Crippen LogP contribution in [0.5, 0.6) is 0 Å². The summed E-state index contributed by atoms with van der Waals surface area (Å²) in [5.74, 6) is 0. The SMILES string of the molecule is [N-]=[N+]1c2ccc3c(c2)nc(-c2ccccc2)c2cc1ccc23. The summed E-state index contributed by atoms with van der Waals surface area (Å²) in [4.78, 5) is 4.86. The lowest BCUT2D eigenvalue weighted by Crippen LogP contribution is -1.94. The molecule has 0 fully saturated rings. The maximum atomic E-state index is 10.4.